The molecule has 0 radical (unpaired) electrons. The largest absolute Gasteiger partial charge is 0.495 e. The smallest absolute Gasteiger partial charge is 0.253 e. The maximum atomic E-state index is 12.5. The Kier molecular flexibility index (Phi) is 5.60. The molecule has 0 aromatic heterocycles. The third-order valence-electron chi connectivity index (χ3n) is 4.30. The van der Waals surface area contributed by atoms with Crippen molar-refractivity contribution in [2.24, 2.45) is 11.7 Å². The topological polar surface area (TPSA) is 84.7 Å². The fraction of sp³-hybridized carbons (Fsp3) is 0.529. The molecule has 1 aromatic carbocycles. The van der Waals surface area contributed by atoms with Crippen LogP contribution in [0.25, 0.3) is 0 Å². The molecular formula is C17H25N3O3. The Morgan fingerprint density at radius 3 is 2.48 bits per heavy atom. The molecule has 1 saturated heterocycles. The zero-order valence-electron chi connectivity index (χ0n) is 14.0. The van der Waals surface area contributed by atoms with E-state index < -0.39 is 0 Å². The van der Waals surface area contributed by atoms with Gasteiger partial charge in [-0.05, 0) is 38.0 Å². The Labute approximate surface area is 137 Å². The number of carbonyl (C=O) groups excluding carboxylic acids is 2. The molecule has 2 atom stereocenters. The Morgan fingerprint density at radius 1 is 1.26 bits per heavy atom. The highest BCUT2D eigenvalue weighted by Gasteiger charge is 2.22. The number of nitrogens with two attached hydrogens (primary N) is 1. The number of hydrogen-bond donors (Lipinski definition) is 2. The highest BCUT2D eigenvalue weighted by Crippen LogP contribution is 2.27. The van der Waals surface area contributed by atoms with Gasteiger partial charge >= 0.3 is 0 Å². The number of nitrogens with zero attached hydrogens (tertiary/aromatic N) is 1. The van der Waals surface area contributed by atoms with Crippen molar-refractivity contribution >= 4 is 17.5 Å². The molecule has 1 aliphatic rings. The van der Waals surface area contributed by atoms with Gasteiger partial charge in [0.05, 0.1) is 18.7 Å². The molecule has 3 N–H and O–H groups in total. The second-order valence-electron chi connectivity index (χ2n) is 6.05. The van der Waals surface area contributed by atoms with Gasteiger partial charge in [-0.3, -0.25) is 9.59 Å². The van der Waals surface area contributed by atoms with Gasteiger partial charge in [0.2, 0.25) is 5.91 Å². The second-order valence-corrected chi connectivity index (χ2v) is 6.05. The van der Waals surface area contributed by atoms with E-state index in [1.165, 1.54) is 7.11 Å². The van der Waals surface area contributed by atoms with Crippen molar-refractivity contribution in [1.82, 2.24) is 4.90 Å². The van der Waals surface area contributed by atoms with Crippen molar-refractivity contribution in [3.63, 3.8) is 0 Å². The summed E-state index contributed by atoms with van der Waals surface area (Å²) in [7, 11) is 1.53. The molecule has 0 bridgehead atoms. The monoisotopic (exact) mass is 319 g/mol. The van der Waals surface area contributed by atoms with E-state index in [9.17, 15) is 9.59 Å². The van der Waals surface area contributed by atoms with E-state index in [-0.39, 0.29) is 23.8 Å². The van der Waals surface area contributed by atoms with Crippen molar-refractivity contribution in [3.05, 3.63) is 23.8 Å². The molecule has 6 nitrogen and oxygen atoms in total. The minimum absolute atomic E-state index is 0.0131. The minimum Gasteiger partial charge on any atom is -0.495 e. The van der Waals surface area contributed by atoms with E-state index in [0.29, 0.717) is 17.0 Å². The number of amides is 2. The predicted molar refractivity (Wildman–Crippen MR) is 89.6 cm³/mol. The average Bonchev–Trinajstić information content (AvgIpc) is 3.07. The summed E-state index contributed by atoms with van der Waals surface area (Å²) in [6.07, 6.45) is 2.08. The first-order valence-corrected chi connectivity index (χ1v) is 7.97. The van der Waals surface area contributed by atoms with Crippen LogP contribution >= 0.6 is 0 Å². The van der Waals surface area contributed by atoms with E-state index in [1.54, 1.807) is 32.0 Å². The number of ether oxygens (including phenoxy) is 1. The van der Waals surface area contributed by atoms with Crippen LogP contribution in [0.15, 0.2) is 18.2 Å². The average molecular weight is 319 g/mol. The molecule has 126 valence electrons. The fourth-order valence-electron chi connectivity index (χ4n) is 2.53. The molecule has 2 unspecified atom stereocenters. The molecule has 1 fully saturated rings. The summed E-state index contributed by atoms with van der Waals surface area (Å²) < 4.78 is 5.28. The molecule has 2 amide bonds. The second kappa shape index (κ2) is 7.46. The van der Waals surface area contributed by atoms with Gasteiger partial charge in [0.15, 0.2) is 0 Å². The van der Waals surface area contributed by atoms with Crippen LogP contribution in [0.4, 0.5) is 5.69 Å². The van der Waals surface area contributed by atoms with Crippen LogP contribution in [-0.4, -0.2) is 43.0 Å². The SMILES string of the molecule is COc1ccc(C(=O)N2CCCC2)cc1NC(=O)C(C)C(C)N. The van der Waals surface area contributed by atoms with E-state index >= 15 is 0 Å². The predicted octanol–water partition coefficient (Wildman–Crippen LogP) is 1.85. The van der Waals surface area contributed by atoms with E-state index in [0.717, 1.165) is 25.9 Å². The van der Waals surface area contributed by atoms with Crippen LogP contribution in [-0.2, 0) is 4.79 Å². The molecule has 0 saturated carbocycles. The Morgan fingerprint density at radius 2 is 1.91 bits per heavy atom. The van der Waals surface area contributed by atoms with Crippen LogP contribution in [0.2, 0.25) is 0 Å². The summed E-state index contributed by atoms with van der Waals surface area (Å²) in [5, 5.41) is 2.81. The summed E-state index contributed by atoms with van der Waals surface area (Å²) in [6, 6.07) is 4.85. The van der Waals surface area contributed by atoms with Crippen LogP contribution in [0.5, 0.6) is 5.75 Å². The molecule has 6 heteroatoms. The number of carbonyl (C=O) groups is 2. The molecule has 1 heterocycles. The first-order valence-electron chi connectivity index (χ1n) is 7.97. The van der Waals surface area contributed by atoms with Crippen molar-refractivity contribution in [2.45, 2.75) is 32.7 Å². The van der Waals surface area contributed by atoms with Crippen molar-refractivity contribution in [1.29, 1.82) is 0 Å². The summed E-state index contributed by atoms with van der Waals surface area (Å²) in [6.45, 7) is 5.13. The third kappa shape index (κ3) is 4.01. The van der Waals surface area contributed by atoms with Crippen molar-refractivity contribution in [2.75, 3.05) is 25.5 Å². The van der Waals surface area contributed by atoms with Gasteiger partial charge in [-0.1, -0.05) is 6.92 Å². The first kappa shape index (κ1) is 17.3. The summed E-state index contributed by atoms with van der Waals surface area (Å²) >= 11 is 0. The van der Waals surface area contributed by atoms with Crippen LogP contribution in [0.3, 0.4) is 0 Å². The molecular weight excluding hydrogens is 294 g/mol. The number of hydrogen-bond acceptors (Lipinski definition) is 4. The molecule has 2 rings (SSSR count). The highest BCUT2D eigenvalue weighted by molar-refractivity contribution is 5.99. The quantitative estimate of drug-likeness (QED) is 0.867. The summed E-state index contributed by atoms with van der Waals surface area (Å²) in [5.74, 6) is -0.0178. The molecule has 0 spiro atoms. The first-order chi connectivity index (χ1) is 10.9. The minimum atomic E-state index is -0.336. The Balaban J connectivity index is 2.21. The van der Waals surface area contributed by atoms with E-state index in [1.807, 2.05) is 4.90 Å². The van der Waals surface area contributed by atoms with Gasteiger partial charge in [-0.25, -0.2) is 0 Å². The van der Waals surface area contributed by atoms with Crippen LogP contribution < -0.4 is 15.8 Å². The number of likely N-dealkylation sites (tertiary alicyclic amines) is 1. The lowest BCUT2D eigenvalue weighted by Crippen LogP contribution is -2.34. The lowest BCUT2D eigenvalue weighted by Gasteiger charge is -2.19. The number of anilines is 1. The summed E-state index contributed by atoms with van der Waals surface area (Å²) in [4.78, 5) is 26.5. The molecule has 1 aromatic rings. The Bertz CT molecular complexity index is 580. The Hall–Kier alpha value is -2.08. The zero-order valence-corrected chi connectivity index (χ0v) is 14.0. The molecule has 0 aliphatic carbocycles. The van der Waals surface area contributed by atoms with Crippen molar-refractivity contribution < 1.29 is 14.3 Å². The zero-order chi connectivity index (χ0) is 17.0. The van der Waals surface area contributed by atoms with Gasteiger partial charge < -0.3 is 20.7 Å². The van der Waals surface area contributed by atoms with Gasteiger partial charge in [0.1, 0.15) is 5.75 Å². The van der Waals surface area contributed by atoms with Crippen LogP contribution in [0.1, 0.15) is 37.0 Å². The normalized spacial score (nSPS) is 16.8. The molecule has 1 aliphatic heterocycles. The lowest BCUT2D eigenvalue weighted by atomic mass is 10.0. The maximum absolute atomic E-state index is 12.5. The van der Waals surface area contributed by atoms with Gasteiger partial charge in [0, 0.05) is 24.7 Å². The summed E-state index contributed by atoms with van der Waals surface area (Å²) in [5.41, 5.74) is 6.82. The third-order valence-corrected chi connectivity index (χ3v) is 4.30. The number of nitrogens with one attached hydrogen (secondary N) is 1. The van der Waals surface area contributed by atoms with E-state index in [2.05, 4.69) is 5.32 Å². The van der Waals surface area contributed by atoms with Gasteiger partial charge in [-0.2, -0.15) is 0 Å². The molecule has 23 heavy (non-hydrogen) atoms. The van der Waals surface area contributed by atoms with Crippen molar-refractivity contribution in [3.8, 4) is 5.75 Å². The van der Waals surface area contributed by atoms with E-state index in [4.69, 9.17) is 10.5 Å². The standard InChI is InChI=1S/C17H25N3O3/c1-11(12(2)18)16(21)19-14-10-13(6-7-15(14)23-3)17(22)20-8-4-5-9-20/h6-7,10-12H,4-5,8-9,18H2,1-3H3,(H,19,21). The van der Waals surface area contributed by atoms with Gasteiger partial charge in [0.25, 0.3) is 5.91 Å². The highest BCUT2D eigenvalue weighted by atomic mass is 16.5. The number of benzene rings is 1. The van der Waals surface area contributed by atoms with Crippen LogP contribution in [0, 0.1) is 5.92 Å². The lowest BCUT2D eigenvalue weighted by molar-refractivity contribution is -0.119. The number of rotatable bonds is 5. The number of methoxy groups -OCH3 is 1. The van der Waals surface area contributed by atoms with Gasteiger partial charge in [-0.15, -0.1) is 0 Å². The maximum Gasteiger partial charge on any atom is 0.253 e. The fourth-order valence-corrected chi connectivity index (χ4v) is 2.53.